The van der Waals surface area contributed by atoms with Gasteiger partial charge >= 0.3 is 0 Å². The fraction of sp³-hybridized carbons (Fsp3) is 0.414. The van der Waals surface area contributed by atoms with Crippen molar-refractivity contribution in [2.75, 3.05) is 40.0 Å². The molecular weight excluding hydrogens is 520 g/mol. The fourth-order valence-corrected chi connectivity index (χ4v) is 6.88. The Morgan fingerprint density at radius 2 is 1.82 bits per heavy atom. The molecule has 0 saturated heterocycles. The van der Waals surface area contributed by atoms with Gasteiger partial charge in [-0.15, -0.1) is 11.3 Å². The molecule has 0 spiro atoms. The van der Waals surface area contributed by atoms with E-state index in [-0.39, 0.29) is 36.5 Å². The molecule has 0 saturated carbocycles. The highest BCUT2D eigenvalue weighted by atomic mass is 32.2. The first-order valence-electron chi connectivity index (χ1n) is 12.8. The number of nitrogens with zero attached hydrogens (tertiary/aromatic N) is 2. The lowest BCUT2D eigenvalue weighted by molar-refractivity contribution is -0.135. The smallest absolute Gasteiger partial charge is 0.243 e. The van der Waals surface area contributed by atoms with Crippen LogP contribution in [-0.4, -0.2) is 63.5 Å². The molecule has 4 rings (SSSR count). The van der Waals surface area contributed by atoms with Gasteiger partial charge in [-0.3, -0.25) is 4.79 Å². The molecule has 0 aliphatic carbocycles. The molecule has 1 unspecified atom stereocenters. The number of carbonyl (C=O) groups is 1. The van der Waals surface area contributed by atoms with Gasteiger partial charge in [0.15, 0.2) is 0 Å². The molecule has 0 fully saturated rings. The third-order valence-corrected chi connectivity index (χ3v) is 9.74. The Bertz CT molecular complexity index is 1320. The number of hydrogen-bond donors (Lipinski definition) is 0. The number of carbonyl (C=O) groups excluding carboxylic acids is 1. The number of thiophene rings is 1. The molecule has 9 heteroatoms. The summed E-state index contributed by atoms with van der Waals surface area (Å²) < 4.78 is 39.5. The first-order chi connectivity index (χ1) is 18.2. The van der Waals surface area contributed by atoms with E-state index in [9.17, 15) is 13.2 Å². The van der Waals surface area contributed by atoms with Crippen LogP contribution in [0.15, 0.2) is 64.9 Å². The summed E-state index contributed by atoms with van der Waals surface area (Å²) in [5.74, 6) is 0.923. The predicted molar refractivity (Wildman–Crippen MR) is 150 cm³/mol. The summed E-state index contributed by atoms with van der Waals surface area (Å²) in [5.41, 5.74) is 3.26. The maximum atomic E-state index is 13.7. The van der Waals surface area contributed by atoms with Gasteiger partial charge < -0.3 is 14.4 Å². The Hall–Kier alpha value is -2.72. The minimum atomic E-state index is -3.88. The molecule has 3 aromatic rings. The van der Waals surface area contributed by atoms with Gasteiger partial charge in [0.05, 0.1) is 24.1 Å². The quantitative estimate of drug-likeness (QED) is 0.332. The SMILES string of the molecule is COCCN(CC(=O)N1CCc2sccc2C1COc1ccc(C(C)C)cc1)S(=O)(=O)c1ccc(C)cc1. The van der Waals surface area contributed by atoms with Crippen molar-refractivity contribution in [1.82, 2.24) is 9.21 Å². The number of rotatable bonds is 11. The molecule has 1 amide bonds. The second-order valence-corrected chi connectivity index (χ2v) is 12.8. The van der Waals surface area contributed by atoms with Gasteiger partial charge in [0.1, 0.15) is 12.4 Å². The van der Waals surface area contributed by atoms with Crippen molar-refractivity contribution >= 4 is 27.3 Å². The summed E-state index contributed by atoms with van der Waals surface area (Å²) in [6, 6.07) is 16.4. The molecule has 38 heavy (non-hydrogen) atoms. The highest BCUT2D eigenvalue weighted by molar-refractivity contribution is 7.89. The Labute approximate surface area is 230 Å². The topological polar surface area (TPSA) is 76.2 Å². The minimum absolute atomic E-state index is 0.0827. The van der Waals surface area contributed by atoms with E-state index in [1.807, 2.05) is 30.5 Å². The second kappa shape index (κ2) is 12.4. The summed E-state index contributed by atoms with van der Waals surface area (Å²) in [6.07, 6.45) is 0.737. The number of aryl methyl sites for hydroxylation is 1. The van der Waals surface area contributed by atoms with Crippen molar-refractivity contribution in [2.24, 2.45) is 0 Å². The molecule has 1 aliphatic rings. The Morgan fingerprint density at radius 3 is 2.47 bits per heavy atom. The number of fused-ring (bicyclic) bond motifs is 1. The van der Waals surface area contributed by atoms with E-state index in [1.54, 1.807) is 40.5 Å². The molecule has 0 N–H and O–H groups in total. The lowest BCUT2D eigenvalue weighted by Crippen LogP contribution is -2.48. The van der Waals surface area contributed by atoms with E-state index in [0.717, 1.165) is 23.3 Å². The highest BCUT2D eigenvalue weighted by Gasteiger charge is 2.35. The number of hydrogen-bond acceptors (Lipinski definition) is 6. The average molecular weight is 557 g/mol. The number of methoxy groups -OCH3 is 1. The van der Waals surface area contributed by atoms with Gasteiger partial charge in [0.2, 0.25) is 15.9 Å². The highest BCUT2D eigenvalue weighted by Crippen LogP contribution is 2.34. The third-order valence-electron chi connectivity index (χ3n) is 6.89. The molecule has 1 aliphatic heterocycles. The van der Waals surface area contributed by atoms with Crippen LogP contribution in [0.25, 0.3) is 0 Å². The molecule has 0 bridgehead atoms. The van der Waals surface area contributed by atoms with Crippen LogP contribution in [0.3, 0.4) is 0 Å². The van der Waals surface area contributed by atoms with E-state index in [0.29, 0.717) is 19.1 Å². The second-order valence-electron chi connectivity index (χ2n) is 9.83. The molecule has 2 aromatic carbocycles. The Balaban J connectivity index is 1.54. The summed E-state index contributed by atoms with van der Waals surface area (Å²) >= 11 is 1.68. The monoisotopic (exact) mass is 556 g/mol. The number of amides is 1. The van der Waals surface area contributed by atoms with Crippen LogP contribution in [0.5, 0.6) is 5.75 Å². The van der Waals surface area contributed by atoms with Crippen molar-refractivity contribution in [3.05, 3.63) is 81.5 Å². The van der Waals surface area contributed by atoms with Crippen molar-refractivity contribution in [2.45, 2.75) is 44.0 Å². The lowest BCUT2D eigenvalue weighted by atomic mass is 10.0. The summed E-state index contributed by atoms with van der Waals surface area (Å²) in [6.45, 7) is 7.00. The fourth-order valence-electron chi connectivity index (χ4n) is 4.58. The van der Waals surface area contributed by atoms with Crippen LogP contribution in [-0.2, 0) is 26.0 Å². The third kappa shape index (κ3) is 6.46. The normalized spacial score (nSPS) is 15.6. The molecule has 0 radical (unpaired) electrons. The van der Waals surface area contributed by atoms with E-state index in [1.165, 1.54) is 21.9 Å². The number of benzene rings is 2. The molecule has 1 atom stereocenters. The van der Waals surface area contributed by atoms with E-state index >= 15 is 0 Å². The molecular formula is C29H36N2O5S2. The standard InChI is InChI=1S/C29H36N2O5S2/c1-21(2)23-7-9-24(10-8-23)36-20-27-26-14-18-37-28(26)13-15-31(27)29(32)19-30(16-17-35-4)38(33,34)25-11-5-22(3)6-12-25/h5-12,14,18,21,27H,13,15-17,19-20H2,1-4H3. The number of ether oxygens (including phenoxy) is 2. The zero-order valence-corrected chi connectivity index (χ0v) is 24.1. The van der Waals surface area contributed by atoms with Gasteiger partial charge in [0, 0.05) is 25.1 Å². The Kier molecular flexibility index (Phi) is 9.25. The van der Waals surface area contributed by atoms with Crippen LogP contribution < -0.4 is 4.74 Å². The van der Waals surface area contributed by atoms with Crippen molar-refractivity contribution in [3.8, 4) is 5.75 Å². The zero-order valence-electron chi connectivity index (χ0n) is 22.4. The van der Waals surface area contributed by atoms with E-state index in [2.05, 4.69) is 26.0 Å². The van der Waals surface area contributed by atoms with Crippen molar-refractivity contribution in [3.63, 3.8) is 0 Å². The van der Waals surface area contributed by atoms with E-state index < -0.39 is 10.0 Å². The van der Waals surface area contributed by atoms with Gasteiger partial charge in [-0.1, -0.05) is 43.7 Å². The first-order valence-corrected chi connectivity index (χ1v) is 15.2. The van der Waals surface area contributed by atoms with Crippen molar-refractivity contribution in [1.29, 1.82) is 0 Å². The lowest BCUT2D eigenvalue weighted by Gasteiger charge is -2.37. The molecule has 204 valence electrons. The first kappa shape index (κ1) is 28.3. The van der Waals surface area contributed by atoms with Gasteiger partial charge in [-0.05, 0) is 66.1 Å². The van der Waals surface area contributed by atoms with Crippen LogP contribution in [0, 0.1) is 6.92 Å². The van der Waals surface area contributed by atoms with Crippen LogP contribution in [0.1, 0.15) is 47.4 Å². The molecule has 1 aromatic heterocycles. The largest absolute Gasteiger partial charge is 0.491 e. The molecule has 7 nitrogen and oxygen atoms in total. The number of sulfonamides is 1. The van der Waals surface area contributed by atoms with Crippen molar-refractivity contribution < 1.29 is 22.7 Å². The Morgan fingerprint density at radius 1 is 1.11 bits per heavy atom. The van der Waals surface area contributed by atoms with E-state index in [4.69, 9.17) is 9.47 Å². The summed E-state index contributed by atoms with van der Waals surface area (Å²) in [5, 5.41) is 2.04. The average Bonchev–Trinajstić information content (AvgIpc) is 3.39. The van der Waals surface area contributed by atoms with Crippen LogP contribution >= 0.6 is 11.3 Å². The zero-order chi connectivity index (χ0) is 27.3. The van der Waals surface area contributed by atoms with Gasteiger partial charge in [-0.25, -0.2) is 8.42 Å². The maximum absolute atomic E-state index is 13.7. The van der Waals surface area contributed by atoms with Gasteiger partial charge in [-0.2, -0.15) is 4.31 Å². The predicted octanol–water partition coefficient (Wildman–Crippen LogP) is 5.02. The molecule has 2 heterocycles. The van der Waals surface area contributed by atoms with Crippen LogP contribution in [0.4, 0.5) is 0 Å². The summed E-state index contributed by atoms with van der Waals surface area (Å²) in [4.78, 5) is 16.9. The van der Waals surface area contributed by atoms with Crippen LogP contribution in [0.2, 0.25) is 0 Å². The minimum Gasteiger partial charge on any atom is -0.491 e. The maximum Gasteiger partial charge on any atom is 0.243 e. The summed E-state index contributed by atoms with van der Waals surface area (Å²) in [7, 11) is -2.36. The van der Waals surface area contributed by atoms with Gasteiger partial charge in [0.25, 0.3) is 0 Å².